The number of halogens is 3. The number of carbonyl (C=O) groups excluding carboxylic acids is 1. The number of fused-ring (bicyclic) bond motifs is 2. The number of carbonyl (C=O) groups is 1. The highest BCUT2D eigenvalue weighted by Crippen LogP contribution is 2.40. The Labute approximate surface area is 202 Å². The second kappa shape index (κ2) is 8.39. The molecule has 0 saturated heterocycles. The monoisotopic (exact) mass is 527 g/mol. The Morgan fingerprint density at radius 2 is 1.72 bits per heavy atom. The highest BCUT2D eigenvalue weighted by molar-refractivity contribution is 9.10. The van der Waals surface area contributed by atoms with E-state index in [9.17, 15) is 9.59 Å². The van der Waals surface area contributed by atoms with Crippen molar-refractivity contribution < 1.29 is 9.21 Å². The van der Waals surface area contributed by atoms with Gasteiger partial charge in [0, 0.05) is 11.0 Å². The van der Waals surface area contributed by atoms with Crippen molar-refractivity contribution in [3.05, 3.63) is 114 Å². The Balaban J connectivity index is 1.67. The molecular formula is C25H16BrCl2NO3. The van der Waals surface area contributed by atoms with Crippen LogP contribution in [0.4, 0.5) is 0 Å². The van der Waals surface area contributed by atoms with Crippen LogP contribution < -0.4 is 5.43 Å². The third-order valence-corrected chi connectivity index (χ3v) is 6.90. The zero-order chi connectivity index (χ0) is 22.4. The number of nitrogens with zero attached hydrogens (tertiary/aromatic N) is 1. The lowest BCUT2D eigenvalue weighted by molar-refractivity contribution is 0.0730. The summed E-state index contributed by atoms with van der Waals surface area (Å²) < 4.78 is 6.73. The van der Waals surface area contributed by atoms with Gasteiger partial charge in [-0.2, -0.15) is 0 Å². The first kappa shape index (κ1) is 21.3. The molecule has 0 fully saturated rings. The van der Waals surface area contributed by atoms with Crippen LogP contribution in [-0.2, 0) is 6.42 Å². The Morgan fingerprint density at radius 3 is 2.47 bits per heavy atom. The van der Waals surface area contributed by atoms with E-state index in [1.54, 1.807) is 41.3 Å². The quantitative estimate of drug-likeness (QED) is 0.298. The molecule has 5 rings (SSSR count). The van der Waals surface area contributed by atoms with E-state index in [1.807, 2.05) is 30.3 Å². The maximum absolute atomic E-state index is 13.6. The molecule has 0 saturated carbocycles. The third-order valence-electron chi connectivity index (χ3n) is 5.67. The molecule has 1 aliphatic heterocycles. The van der Waals surface area contributed by atoms with Crippen LogP contribution in [0.25, 0.3) is 11.0 Å². The van der Waals surface area contributed by atoms with Gasteiger partial charge < -0.3 is 9.32 Å². The molecule has 4 nitrogen and oxygen atoms in total. The molecule has 4 aromatic rings. The van der Waals surface area contributed by atoms with E-state index in [1.165, 1.54) is 0 Å². The minimum Gasteiger partial charge on any atom is -0.450 e. The number of hydrogen-bond donors (Lipinski definition) is 0. The number of hydrogen-bond acceptors (Lipinski definition) is 3. The Bertz CT molecular complexity index is 1420. The summed E-state index contributed by atoms with van der Waals surface area (Å²) >= 11 is 15.8. The Kier molecular flexibility index (Phi) is 5.58. The van der Waals surface area contributed by atoms with Crippen molar-refractivity contribution in [1.29, 1.82) is 0 Å². The van der Waals surface area contributed by atoms with Gasteiger partial charge in [0.05, 0.1) is 27.0 Å². The maximum Gasteiger partial charge on any atom is 0.290 e. The molecule has 0 radical (unpaired) electrons. The normalized spacial score (nSPS) is 15.4. The van der Waals surface area contributed by atoms with E-state index in [4.69, 9.17) is 27.6 Å². The first-order valence-corrected chi connectivity index (χ1v) is 11.5. The van der Waals surface area contributed by atoms with Crippen molar-refractivity contribution >= 4 is 56.0 Å². The molecule has 32 heavy (non-hydrogen) atoms. The van der Waals surface area contributed by atoms with Crippen LogP contribution in [-0.4, -0.2) is 17.4 Å². The Hall–Kier alpha value is -2.60. The standard InChI is InChI=1S/C25H16BrCl2NO3/c26-16-7-9-20-17(13-16)23(30)21-22(15-6-8-18(27)19(28)12-15)29(25(31)24(21)32-20)11-10-14-4-2-1-3-5-14/h1-9,12-13,22H,10-11H2. The number of amides is 1. The highest BCUT2D eigenvalue weighted by atomic mass is 79.9. The summed E-state index contributed by atoms with van der Waals surface area (Å²) in [5.41, 5.74) is 2.28. The van der Waals surface area contributed by atoms with Gasteiger partial charge in [-0.3, -0.25) is 9.59 Å². The molecule has 0 bridgehead atoms. The van der Waals surface area contributed by atoms with Crippen LogP contribution >= 0.6 is 39.1 Å². The fraction of sp³-hybridized carbons (Fsp3) is 0.120. The highest BCUT2D eigenvalue weighted by Gasteiger charge is 2.42. The minimum atomic E-state index is -0.615. The van der Waals surface area contributed by atoms with Crippen molar-refractivity contribution in [2.24, 2.45) is 0 Å². The van der Waals surface area contributed by atoms with Gasteiger partial charge in [-0.1, -0.05) is 75.5 Å². The SMILES string of the molecule is O=C1c2oc3ccc(Br)cc3c(=O)c2C(c2ccc(Cl)c(Cl)c2)N1CCc1ccccc1. The van der Waals surface area contributed by atoms with E-state index in [0.717, 1.165) is 10.0 Å². The number of benzene rings is 3. The van der Waals surface area contributed by atoms with Crippen molar-refractivity contribution in [3.8, 4) is 0 Å². The van der Waals surface area contributed by atoms with Crippen LogP contribution in [0.1, 0.15) is 33.3 Å². The van der Waals surface area contributed by atoms with Crippen LogP contribution in [0, 0.1) is 0 Å². The second-order valence-electron chi connectivity index (χ2n) is 7.62. The van der Waals surface area contributed by atoms with E-state index >= 15 is 0 Å². The molecule has 3 aromatic carbocycles. The predicted molar refractivity (Wildman–Crippen MR) is 130 cm³/mol. The Morgan fingerprint density at radius 1 is 0.938 bits per heavy atom. The summed E-state index contributed by atoms with van der Waals surface area (Å²) in [5, 5.41) is 1.19. The van der Waals surface area contributed by atoms with Gasteiger partial charge >= 0.3 is 0 Å². The first-order chi connectivity index (χ1) is 15.4. The molecule has 2 heterocycles. The maximum atomic E-state index is 13.6. The molecule has 1 amide bonds. The minimum absolute atomic E-state index is 0.0777. The molecule has 1 atom stereocenters. The van der Waals surface area contributed by atoms with Crippen molar-refractivity contribution in [3.63, 3.8) is 0 Å². The molecule has 0 aliphatic carbocycles. The van der Waals surface area contributed by atoms with E-state index in [2.05, 4.69) is 15.9 Å². The van der Waals surface area contributed by atoms with Gasteiger partial charge in [-0.15, -0.1) is 0 Å². The smallest absolute Gasteiger partial charge is 0.290 e. The van der Waals surface area contributed by atoms with Crippen molar-refractivity contribution in [2.75, 3.05) is 6.54 Å². The molecule has 1 aliphatic rings. The van der Waals surface area contributed by atoms with Crippen LogP contribution in [0.15, 0.2) is 80.4 Å². The summed E-state index contributed by atoms with van der Waals surface area (Å²) in [6.45, 7) is 0.414. The molecule has 1 aromatic heterocycles. The van der Waals surface area contributed by atoms with Crippen LogP contribution in [0.2, 0.25) is 10.0 Å². The van der Waals surface area contributed by atoms with Gasteiger partial charge in [0.1, 0.15) is 5.58 Å². The zero-order valence-electron chi connectivity index (χ0n) is 16.6. The summed E-state index contributed by atoms with van der Waals surface area (Å²) in [6, 6.07) is 19.6. The zero-order valence-corrected chi connectivity index (χ0v) is 19.7. The van der Waals surface area contributed by atoms with Gasteiger partial charge in [-0.25, -0.2) is 0 Å². The fourth-order valence-corrected chi connectivity index (χ4v) is 4.81. The van der Waals surface area contributed by atoms with Gasteiger partial charge in [-0.05, 0) is 47.9 Å². The van der Waals surface area contributed by atoms with Crippen molar-refractivity contribution in [2.45, 2.75) is 12.5 Å². The fourth-order valence-electron chi connectivity index (χ4n) is 4.15. The molecular weight excluding hydrogens is 513 g/mol. The summed E-state index contributed by atoms with van der Waals surface area (Å²) in [5.74, 6) is -0.233. The second-order valence-corrected chi connectivity index (χ2v) is 9.35. The predicted octanol–water partition coefficient (Wildman–Crippen LogP) is 6.65. The lowest BCUT2D eigenvalue weighted by atomic mass is 9.98. The van der Waals surface area contributed by atoms with E-state index < -0.39 is 6.04 Å². The van der Waals surface area contributed by atoms with Gasteiger partial charge in [0.25, 0.3) is 5.91 Å². The topological polar surface area (TPSA) is 50.5 Å². The molecule has 1 unspecified atom stereocenters. The van der Waals surface area contributed by atoms with Crippen LogP contribution in [0.5, 0.6) is 0 Å². The lowest BCUT2D eigenvalue weighted by Gasteiger charge is -2.25. The number of rotatable bonds is 4. The lowest BCUT2D eigenvalue weighted by Crippen LogP contribution is -2.31. The van der Waals surface area contributed by atoms with Gasteiger partial charge in [0.15, 0.2) is 5.43 Å². The largest absolute Gasteiger partial charge is 0.450 e. The third kappa shape index (κ3) is 3.64. The molecule has 0 N–H and O–H groups in total. The average Bonchev–Trinajstić information content (AvgIpc) is 3.07. The average molecular weight is 529 g/mol. The van der Waals surface area contributed by atoms with Gasteiger partial charge in [0.2, 0.25) is 5.76 Å². The van der Waals surface area contributed by atoms with E-state index in [0.29, 0.717) is 45.1 Å². The van der Waals surface area contributed by atoms with Crippen LogP contribution in [0.3, 0.4) is 0 Å². The summed E-state index contributed by atoms with van der Waals surface area (Å²) in [6.07, 6.45) is 0.637. The molecule has 7 heteroatoms. The first-order valence-electron chi connectivity index (χ1n) is 10.00. The van der Waals surface area contributed by atoms with E-state index in [-0.39, 0.29) is 17.1 Å². The summed E-state index contributed by atoms with van der Waals surface area (Å²) in [7, 11) is 0. The molecule has 0 spiro atoms. The molecule has 160 valence electrons. The summed E-state index contributed by atoms with van der Waals surface area (Å²) in [4.78, 5) is 28.7. The van der Waals surface area contributed by atoms with Crippen molar-refractivity contribution in [1.82, 2.24) is 4.90 Å².